The van der Waals surface area contributed by atoms with Crippen LogP contribution in [0.3, 0.4) is 0 Å². The van der Waals surface area contributed by atoms with Gasteiger partial charge in [-0.15, -0.1) is 0 Å². The molecule has 0 spiro atoms. The van der Waals surface area contributed by atoms with Crippen molar-refractivity contribution in [2.45, 2.75) is 12.5 Å². The molecule has 1 aromatic carbocycles. The second-order valence-corrected chi connectivity index (χ2v) is 4.28. The molecule has 0 aliphatic carbocycles. The number of carbonyl (C=O) groups is 1. The van der Waals surface area contributed by atoms with Gasteiger partial charge in [0.15, 0.2) is 5.78 Å². The van der Waals surface area contributed by atoms with Crippen molar-refractivity contribution in [3.63, 3.8) is 0 Å². The number of ketones is 1. The normalized spacial score (nSPS) is 19.3. The highest BCUT2D eigenvalue weighted by Crippen LogP contribution is 2.27. The molecule has 0 aromatic heterocycles. The minimum atomic E-state index is -0.136. The standard InChI is InChI=1S/C12H14ClNO3/c13-10-5-8(11(15)6-14)1-2-12(10)17-9-3-4-16-7-9/h1-2,5,9H,3-4,6-7,14H2. The lowest BCUT2D eigenvalue weighted by atomic mass is 10.1. The molecule has 92 valence electrons. The van der Waals surface area contributed by atoms with E-state index in [1.165, 1.54) is 0 Å². The summed E-state index contributed by atoms with van der Waals surface area (Å²) in [5.74, 6) is 0.443. The monoisotopic (exact) mass is 255 g/mol. The number of carbonyl (C=O) groups excluding carboxylic acids is 1. The van der Waals surface area contributed by atoms with E-state index in [1.54, 1.807) is 18.2 Å². The van der Waals surface area contributed by atoms with Gasteiger partial charge in [-0.05, 0) is 18.2 Å². The van der Waals surface area contributed by atoms with Crippen molar-refractivity contribution in [2.75, 3.05) is 19.8 Å². The quantitative estimate of drug-likeness (QED) is 0.831. The van der Waals surface area contributed by atoms with Gasteiger partial charge >= 0.3 is 0 Å². The Bertz CT molecular complexity index is 416. The second kappa shape index (κ2) is 5.49. The van der Waals surface area contributed by atoms with Crippen molar-refractivity contribution >= 4 is 17.4 Å². The van der Waals surface area contributed by atoms with Gasteiger partial charge in [-0.1, -0.05) is 11.6 Å². The van der Waals surface area contributed by atoms with Gasteiger partial charge in [-0.3, -0.25) is 4.79 Å². The molecule has 0 radical (unpaired) electrons. The molecule has 1 heterocycles. The molecule has 1 unspecified atom stereocenters. The van der Waals surface area contributed by atoms with E-state index in [-0.39, 0.29) is 18.4 Å². The van der Waals surface area contributed by atoms with Gasteiger partial charge in [0.25, 0.3) is 0 Å². The minimum absolute atomic E-state index is 0.0208. The fraction of sp³-hybridized carbons (Fsp3) is 0.417. The highest BCUT2D eigenvalue weighted by molar-refractivity contribution is 6.32. The zero-order valence-electron chi connectivity index (χ0n) is 9.32. The summed E-state index contributed by atoms with van der Waals surface area (Å²) in [6.07, 6.45) is 0.906. The fourth-order valence-corrected chi connectivity index (χ4v) is 1.90. The van der Waals surface area contributed by atoms with E-state index in [0.29, 0.717) is 29.5 Å². The number of halogens is 1. The molecule has 2 rings (SSSR count). The summed E-state index contributed by atoms with van der Waals surface area (Å²) < 4.78 is 10.9. The lowest BCUT2D eigenvalue weighted by Crippen LogP contribution is -2.16. The summed E-state index contributed by atoms with van der Waals surface area (Å²) in [5, 5.41) is 0.427. The van der Waals surface area contributed by atoms with Crippen molar-refractivity contribution in [1.29, 1.82) is 0 Å². The maximum Gasteiger partial charge on any atom is 0.176 e. The van der Waals surface area contributed by atoms with E-state index >= 15 is 0 Å². The summed E-state index contributed by atoms with van der Waals surface area (Å²) in [4.78, 5) is 11.4. The topological polar surface area (TPSA) is 61.6 Å². The Kier molecular flexibility index (Phi) is 3.99. The van der Waals surface area contributed by atoms with Gasteiger partial charge in [-0.25, -0.2) is 0 Å². The smallest absolute Gasteiger partial charge is 0.176 e. The van der Waals surface area contributed by atoms with Gasteiger partial charge < -0.3 is 15.2 Å². The third kappa shape index (κ3) is 2.97. The first-order valence-corrected chi connectivity index (χ1v) is 5.85. The summed E-state index contributed by atoms with van der Waals surface area (Å²) in [6.45, 7) is 1.28. The summed E-state index contributed by atoms with van der Waals surface area (Å²) in [5.41, 5.74) is 5.79. The molecule has 4 nitrogen and oxygen atoms in total. The number of hydrogen-bond donors (Lipinski definition) is 1. The van der Waals surface area contributed by atoms with Crippen LogP contribution in [0.15, 0.2) is 18.2 Å². The van der Waals surface area contributed by atoms with Gasteiger partial charge in [0.05, 0.1) is 24.8 Å². The van der Waals surface area contributed by atoms with Gasteiger partial charge in [0, 0.05) is 12.0 Å². The molecule has 0 bridgehead atoms. The lowest BCUT2D eigenvalue weighted by Gasteiger charge is -2.13. The number of rotatable bonds is 4. The predicted octanol–water partition coefficient (Wildman–Crippen LogP) is 1.65. The molecule has 0 amide bonds. The molecular weight excluding hydrogens is 242 g/mol. The molecule has 1 atom stereocenters. The van der Waals surface area contributed by atoms with Crippen LogP contribution in [0.25, 0.3) is 0 Å². The van der Waals surface area contributed by atoms with E-state index in [0.717, 1.165) is 6.42 Å². The number of nitrogens with two attached hydrogens (primary N) is 1. The third-order valence-corrected chi connectivity index (χ3v) is 2.92. The van der Waals surface area contributed by atoms with E-state index in [2.05, 4.69) is 0 Å². The Morgan fingerprint density at radius 3 is 3.00 bits per heavy atom. The number of hydrogen-bond acceptors (Lipinski definition) is 4. The summed E-state index contributed by atoms with van der Waals surface area (Å²) in [7, 11) is 0. The molecule has 17 heavy (non-hydrogen) atoms. The van der Waals surface area contributed by atoms with Crippen LogP contribution in [0.1, 0.15) is 16.8 Å². The van der Waals surface area contributed by atoms with E-state index in [9.17, 15) is 4.79 Å². The summed E-state index contributed by atoms with van der Waals surface area (Å²) in [6, 6.07) is 4.96. The van der Waals surface area contributed by atoms with Crippen LogP contribution in [0.5, 0.6) is 5.75 Å². The Hall–Kier alpha value is -1.10. The third-order valence-electron chi connectivity index (χ3n) is 2.62. The fourth-order valence-electron chi connectivity index (χ4n) is 1.67. The molecule has 1 saturated heterocycles. The van der Waals surface area contributed by atoms with E-state index < -0.39 is 0 Å². The molecular formula is C12H14ClNO3. The van der Waals surface area contributed by atoms with Crippen LogP contribution >= 0.6 is 11.6 Å². The average Bonchev–Trinajstić information content (AvgIpc) is 2.83. The van der Waals surface area contributed by atoms with Crippen LogP contribution < -0.4 is 10.5 Å². The Morgan fingerprint density at radius 1 is 1.59 bits per heavy atom. The van der Waals surface area contributed by atoms with Gasteiger partial charge in [0.2, 0.25) is 0 Å². The van der Waals surface area contributed by atoms with Crippen LogP contribution in [-0.4, -0.2) is 31.6 Å². The van der Waals surface area contributed by atoms with Crippen LogP contribution in [-0.2, 0) is 4.74 Å². The Balaban J connectivity index is 2.10. The average molecular weight is 256 g/mol. The zero-order valence-corrected chi connectivity index (χ0v) is 10.1. The number of ether oxygens (including phenoxy) is 2. The zero-order chi connectivity index (χ0) is 12.3. The number of Topliss-reactive ketones (excluding diaryl/α,β-unsaturated/α-hetero) is 1. The predicted molar refractivity (Wildman–Crippen MR) is 64.7 cm³/mol. The molecule has 5 heteroatoms. The van der Waals surface area contributed by atoms with Gasteiger partial charge in [-0.2, -0.15) is 0 Å². The van der Waals surface area contributed by atoms with Crippen molar-refractivity contribution in [3.8, 4) is 5.75 Å². The Morgan fingerprint density at radius 2 is 2.41 bits per heavy atom. The van der Waals surface area contributed by atoms with Crippen LogP contribution in [0.2, 0.25) is 5.02 Å². The van der Waals surface area contributed by atoms with E-state index in [1.807, 2.05) is 0 Å². The van der Waals surface area contributed by atoms with E-state index in [4.69, 9.17) is 26.8 Å². The molecule has 1 aliphatic heterocycles. The minimum Gasteiger partial charge on any atom is -0.486 e. The largest absolute Gasteiger partial charge is 0.486 e. The first-order chi connectivity index (χ1) is 8.20. The molecule has 0 saturated carbocycles. The second-order valence-electron chi connectivity index (χ2n) is 3.88. The molecule has 1 aromatic rings. The van der Waals surface area contributed by atoms with Gasteiger partial charge in [0.1, 0.15) is 11.9 Å². The number of benzene rings is 1. The van der Waals surface area contributed by atoms with Crippen LogP contribution in [0.4, 0.5) is 0 Å². The van der Waals surface area contributed by atoms with Crippen molar-refractivity contribution in [2.24, 2.45) is 5.73 Å². The molecule has 1 fully saturated rings. The lowest BCUT2D eigenvalue weighted by molar-refractivity contribution is 0.100. The Labute approximate surface area is 105 Å². The van der Waals surface area contributed by atoms with Crippen molar-refractivity contribution in [1.82, 2.24) is 0 Å². The van der Waals surface area contributed by atoms with Crippen molar-refractivity contribution < 1.29 is 14.3 Å². The highest BCUT2D eigenvalue weighted by Gasteiger charge is 2.18. The van der Waals surface area contributed by atoms with Crippen molar-refractivity contribution in [3.05, 3.63) is 28.8 Å². The highest BCUT2D eigenvalue weighted by atomic mass is 35.5. The maximum absolute atomic E-state index is 11.4. The molecule has 1 aliphatic rings. The van der Waals surface area contributed by atoms with Crippen LogP contribution in [0, 0.1) is 0 Å². The maximum atomic E-state index is 11.4. The summed E-state index contributed by atoms with van der Waals surface area (Å²) >= 11 is 6.05. The first-order valence-electron chi connectivity index (χ1n) is 5.48. The molecule has 2 N–H and O–H groups in total. The first kappa shape index (κ1) is 12.4. The SMILES string of the molecule is NCC(=O)c1ccc(OC2CCOC2)c(Cl)c1.